The lowest BCUT2D eigenvalue weighted by Gasteiger charge is -2.46. The summed E-state index contributed by atoms with van der Waals surface area (Å²) in [5.74, 6) is 6.83. The molecule has 4 N–H and O–H groups in total. The average Bonchev–Trinajstić information content (AvgIpc) is 3.44. The summed E-state index contributed by atoms with van der Waals surface area (Å²) in [6, 6.07) is 10.4. The molecule has 6 rings (SSSR count). The Morgan fingerprint density at radius 3 is 2.63 bits per heavy atom. The van der Waals surface area contributed by atoms with E-state index in [-0.39, 0.29) is 40.0 Å². The number of alkyl halides is 3. The van der Waals surface area contributed by atoms with E-state index in [1.807, 2.05) is 6.07 Å². The molecule has 0 amide bonds. The molecule has 0 unspecified atom stereocenters. The van der Waals surface area contributed by atoms with E-state index < -0.39 is 12.7 Å². The molecule has 3 saturated carbocycles. The van der Waals surface area contributed by atoms with Gasteiger partial charge in [0.2, 0.25) is 0 Å². The van der Waals surface area contributed by atoms with E-state index in [1.165, 1.54) is 11.6 Å². The van der Waals surface area contributed by atoms with Gasteiger partial charge in [-0.25, -0.2) is 4.52 Å². The average molecular weight is 564 g/mol. The van der Waals surface area contributed by atoms with E-state index in [1.54, 1.807) is 43.7 Å². The molecule has 0 spiro atoms. The normalized spacial score (nSPS) is 22.5. The summed E-state index contributed by atoms with van der Waals surface area (Å²) in [6.45, 7) is 3.50. The maximum Gasteiger partial charge on any atom is 0.446 e. The van der Waals surface area contributed by atoms with Gasteiger partial charge in [-0.05, 0) is 87.0 Å². The zero-order valence-corrected chi connectivity index (χ0v) is 23.0. The minimum atomic E-state index is -4.49. The maximum atomic E-state index is 13.5. The summed E-state index contributed by atoms with van der Waals surface area (Å²) in [6.07, 6.45) is 3.51. The van der Waals surface area contributed by atoms with E-state index in [2.05, 4.69) is 27.6 Å². The minimum Gasteiger partial charge on any atom is -0.495 e. The molecule has 38 heavy (non-hydrogen) atoms. The Morgan fingerprint density at radius 1 is 1.24 bits per heavy atom. The molecule has 3 fully saturated rings. The third kappa shape index (κ3) is 5.35. The van der Waals surface area contributed by atoms with Crippen molar-refractivity contribution in [2.75, 3.05) is 37.6 Å². The fourth-order valence-corrected chi connectivity index (χ4v) is 6.97. The number of benzene rings is 1. The van der Waals surface area contributed by atoms with Crippen LogP contribution < -0.4 is 26.4 Å². The SMILES string of the molecule is COc1cc(P(C)(C)=O)ccc1NCC#Cc1nn2c(NC34CCC(N)(C3)C4)cccc2c1SC(F)(F)F. The molecule has 0 aliphatic heterocycles. The zero-order valence-electron chi connectivity index (χ0n) is 21.3. The zero-order chi connectivity index (χ0) is 27.3. The van der Waals surface area contributed by atoms with Crippen LogP contribution in [0.1, 0.15) is 31.4 Å². The van der Waals surface area contributed by atoms with Crippen molar-refractivity contribution in [3.8, 4) is 17.6 Å². The van der Waals surface area contributed by atoms with Gasteiger partial charge in [-0.1, -0.05) is 12.0 Å². The van der Waals surface area contributed by atoms with Crippen molar-refractivity contribution >= 4 is 41.2 Å². The Balaban J connectivity index is 1.41. The van der Waals surface area contributed by atoms with Crippen LogP contribution >= 0.6 is 18.9 Å². The summed E-state index contributed by atoms with van der Waals surface area (Å²) < 4.78 is 59.7. The summed E-state index contributed by atoms with van der Waals surface area (Å²) in [5.41, 5.74) is 2.57. The van der Waals surface area contributed by atoms with Crippen LogP contribution in [0.5, 0.6) is 5.75 Å². The second-order valence-electron chi connectivity index (χ2n) is 10.4. The third-order valence-electron chi connectivity index (χ3n) is 7.09. The number of hydrogen-bond donors (Lipinski definition) is 3. The van der Waals surface area contributed by atoms with Crippen LogP contribution in [0.15, 0.2) is 41.3 Å². The molecular weight excluding hydrogens is 534 g/mol. The van der Waals surface area contributed by atoms with Gasteiger partial charge in [-0.2, -0.15) is 18.3 Å². The number of nitrogens with zero attached hydrogens (tertiary/aromatic N) is 2. The number of thioether (sulfide) groups is 1. The molecule has 2 heterocycles. The third-order valence-corrected chi connectivity index (χ3v) is 9.45. The van der Waals surface area contributed by atoms with E-state index in [0.717, 1.165) is 25.7 Å². The molecule has 202 valence electrons. The van der Waals surface area contributed by atoms with E-state index in [0.29, 0.717) is 28.1 Å². The number of aromatic nitrogens is 2. The van der Waals surface area contributed by atoms with Gasteiger partial charge in [0.1, 0.15) is 24.4 Å². The minimum absolute atomic E-state index is 0.0390. The molecule has 2 aromatic heterocycles. The molecular formula is C26H29F3N5O2PS. The first-order valence-electron chi connectivity index (χ1n) is 12.1. The number of methoxy groups -OCH3 is 1. The molecule has 12 heteroatoms. The van der Waals surface area contributed by atoms with Crippen LogP contribution in [0.25, 0.3) is 5.52 Å². The van der Waals surface area contributed by atoms with Crippen molar-refractivity contribution in [2.45, 2.75) is 47.2 Å². The van der Waals surface area contributed by atoms with Gasteiger partial charge in [0.05, 0.1) is 29.8 Å². The van der Waals surface area contributed by atoms with Gasteiger partial charge >= 0.3 is 5.51 Å². The number of halogens is 3. The highest BCUT2D eigenvalue weighted by Gasteiger charge is 2.58. The fourth-order valence-electron chi connectivity index (χ4n) is 5.43. The summed E-state index contributed by atoms with van der Waals surface area (Å²) in [7, 11) is -0.947. The predicted molar refractivity (Wildman–Crippen MR) is 146 cm³/mol. The lowest BCUT2D eigenvalue weighted by molar-refractivity contribution is -0.0327. The van der Waals surface area contributed by atoms with Crippen molar-refractivity contribution in [2.24, 2.45) is 5.73 Å². The first-order valence-corrected chi connectivity index (χ1v) is 15.5. The van der Waals surface area contributed by atoms with Crippen molar-refractivity contribution in [3.63, 3.8) is 0 Å². The van der Waals surface area contributed by atoms with Crippen LogP contribution in [0.4, 0.5) is 24.7 Å². The second kappa shape index (κ2) is 9.44. The Hall–Kier alpha value is -2.80. The number of anilines is 2. The molecule has 3 aliphatic rings. The lowest BCUT2D eigenvalue weighted by Crippen LogP contribution is -2.57. The van der Waals surface area contributed by atoms with Crippen molar-refractivity contribution in [1.29, 1.82) is 0 Å². The topological polar surface area (TPSA) is 93.7 Å². The predicted octanol–water partition coefficient (Wildman–Crippen LogP) is 5.10. The number of hydrogen-bond acceptors (Lipinski definition) is 7. The van der Waals surface area contributed by atoms with Gasteiger partial charge in [0.25, 0.3) is 0 Å². The van der Waals surface area contributed by atoms with Crippen LogP contribution in [0.3, 0.4) is 0 Å². The monoisotopic (exact) mass is 563 g/mol. The van der Waals surface area contributed by atoms with Gasteiger partial charge < -0.3 is 25.7 Å². The highest BCUT2D eigenvalue weighted by molar-refractivity contribution is 8.00. The molecule has 3 aromatic rings. The molecule has 0 atom stereocenters. The lowest BCUT2D eigenvalue weighted by atomic mass is 9.72. The summed E-state index contributed by atoms with van der Waals surface area (Å²) in [5, 5.41) is 11.8. The largest absolute Gasteiger partial charge is 0.495 e. The van der Waals surface area contributed by atoms with Gasteiger partial charge in [-0.3, -0.25) is 0 Å². The van der Waals surface area contributed by atoms with Gasteiger partial charge in [0.15, 0.2) is 0 Å². The van der Waals surface area contributed by atoms with Crippen LogP contribution in [-0.2, 0) is 4.57 Å². The number of fused-ring (bicyclic) bond motifs is 2. The Kier molecular flexibility index (Phi) is 6.65. The highest BCUT2D eigenvalue weighted by atomic mass is 32.2. The van der Waals surface area contributed by atoms with Gasteiger partial charge in [0, 0.05) is 16.4 Å². The summed E-state index contributed by atoms with van der Waals surface area (Å²) >= 11 is -0.213. The first kappa shape index (κ1) is 26.8. The van der Waals surface area contributed by atoms with Crippen LogP contribution in [0.2, 0.25) is 0 Å². The van der Waals surface area contributed by atoms with Gasteiger partial charge in [-0.15, -0.1) is 0 Å². The molecule has 7 nitrogen and oxygen atoms in total. The summed E-state index contributed by atoms with van der Waals surface area (Å²) in [4.78, 5) is -0.0390. The van der Waals surface area contributed by atoms with E-state index >= 15 is 0 Å². The number of nitrogens with one attached hydrogen (secondary N) is 2. The smallest absolute Gasteiger partial charge is 0.446 e. The molecule has 2 bridgehead atoms. The highest BCUT2D eigenvalue weighted by Crippen LogP contribution is 2.55. The quantitative estimate of drug-likeness (QED) is 0.209. The van der Waals surface area contributed by atoms with E-state index in [4.69, 9.17) is 10.5 Å². The number of nitrogens with two attached hydrogens (primary N) is 1. The molecule has 1 aromatic carbocycles. The molecule has 0 radical (unpaired) electrons. The van der Waals surface area contributed by atoms with E-state index in [9.17, 15) is 17.7 Å². The Labute approximate surface area is 223 Å². The van der Waals surface area contributed by atoms with Crippen molar-refractivity contribution in [1.82, 2.24) is 9.61 Å². The number of ether oxygens (including phenoxy) is 1. The molecule has 3 aliphatic carbocycles. The fraction of sp³-hybridized carbons (Fsp3) is 0.423. The standard InChI is InChI=1S/C26H29F3N5O2PS/c1-36-21-14-17(37(2,3)35)9-10-18(21)31-13-5-6-19-23(38-26(27,28)29)20-7-4-8-22(34(20)33-19)32-25-12-11-24(30,15-25)16-25/h4,7-10,14,31-32H,11-13,15-16,30H2,1-3H3. The maximum absolute atomic E-state index is 13.5. The second-order valence-corrected chi connectivity index (χ2v) is 14.7. The van der Waals surface area contributed by atoms with Crippen LogP contribution in [-0.4, -0.2) is 53.2 Å². The number of pyridine rings is 1. The Morgan fingerprint density at radius 2 is 2.00 bits per heavy atom. The number of rotatable bonds is 7. The Bertz CT molecular complexity index is 1500. The van der Waals surface area contributed by atoms with Crippen molar-refractivity contribution < 1.29 is 22.5 Å². The van der Waals surface area contributed by atoms with Crippen molar-refractivity contribution in [3.05, 3.63) is 42.1 Å². The first-order chi connectivity index (χ1) is 17.8. The molecule has 0 saturated heterocycles. The van der Waals surface area contributed by atoms with Crippen LogP contribution in [0, 0.1) is 11.8 Å².